The van der Waals surface area contributed by atoms with Crippen LogP contribution in [-0.4, -0.2) is 19.0 Å². The van der Waals surface area contributed by atoms with E-state index in [1.54, 1.807) is 12.1 Å². The fraction of sp³-hybridized carbons (Fsp3) is 0.182. The van der Waals surface area contributed by atoms with Gasteiger partial charge in [-0.2, -0.15) is 0 Å². The van der Waals surface area contributed by atoms with Crippen molar-refractivity contribution in [3.63, 3.8) is 0 Å². The van der Waals surface area contributed by atoms with Gasteiger partial charge in [0.15, 0.2) is 0 Å². The summed E-state index contributed by atoms with van der Waals surface area (Å²) in [7, 11) is 1.27. The predicted octanol–water partition coefficient (Wildman–Crippen LogP) is 1.60. The lowest BCUT2D eigenvalue weighted by Crippen LogP contribution is -2.10. The lowest BCUT2D eigenvalue weighted by atomic mass is 10.2. The molecule has 0 bridgehead atoms. The Morgan fingerprint density at radius 3 is 2.60 bits per heavy atom. The lowest BCUT2D eigenvalue weighted by Gasteiger charge is -2.07. The molecule has 1 radical (unpaired) electrons. The minimum absolute atomic E-state index is 0.00943. The highest BCUT2D eigenvalue weighted by atomic mass is 16.5. The molecule has 79 valence electrons. The van der Waals surface area contributed by atoms with E-state index in [1.165, 1.54) is 19.2 Å². The number of hydrogen-bond acceptors (Lipinski definition) is 4. The van der Waals surface area contributed by atoms with Crippen molar-refractivity contribution in [2.75, 3.05) is 7.11 Å². The van der Waals surface area contributed by atoms with Crippen LogP contribution in [0, 0.1) is 6.92 Å². The summed E-state index contributed by atoms with van der Waals surface area (Å²) in [5.74, 6) is -0.841. The standard InChI is InChI=1S/C11H11O4/c1-3-10(12)15-9-7-5-4-6-8(9)11(13)14-2/h4-7H,1,3H2,2H3. The SMILES string of the molecule is [CH2]CC(=O)Oc1ccccc1C(=O)OC. The second-order valence-electron chi connectivity index (χ2n) is 2.71. The summed E-state index contributed by atoms with van der Waals surface area (Å²) in [5, 5.41) is 0. The van der Waals surface area contributed by atoms with Gasteiger partial charge in [-0.15, -0.1) is 0 Å². The van der Waals surface area contributed by atoms with Gasteiger partial charge < -0.3 is 9.47 Å². The molecule has 0 heterocycles. The molecule has 0 aromatic heterocycles. The van der Waals surface area contributed by atoms with Gasteiger partial charge in [-0.05, 0) is 19.1 Å². The van der Waals surface area contributed by atoms with Gasteiger partial charge in [-0.3, -0.25) is 4.79 Å². The molecule has 0 spiro atoms. The zero-order valence-corrected chi connectivity index (χ0v) is 8.36. The lowest BCUT2D eigenvalue weighted by molar-refractivity contribution is -0.133. The summed E-state index contributed by atoms with van der Waals surface area (Å²) < 4.78 is 9.46. The van der Waals surface area contributed by atoms with Crippen molar-refractivity contribution in [1.82, 2.24) is 0 Å². The monoisotopic (exact) mass is 207 g/mol. The van der Waals surface area contributed by atoms with Crippen LogP contribution in [0.15, 0.2) is 24.3 Å². The van der Waals surface area contributed by atoms with E-state index in [2.05, 4.69) is 11.7 Å². The molecule has 0 fully saturated rings. The molecule has 0 atom stereocenters. The molecule has 1 aromatic rings. The quantitative estimate of drug-likeness (QED) is 0.558. The Labute approximate surface area is 87.8 Å². The van der Waals surface area contributed by atoms with Gasteiger partial charge in [-0.1, -0.05) is 12.1 Å². The van der Waals surface area contributed by atoms with E-state index in [1.807, 2.05) is 0 Å². The van der Waals surface area contributed by atoms with Crippen molar-refractivity contribution in [2.45, 2.75) is 6.42 Å². The molecule has 0 saturated heterocycles. The van der Waals surface area contributed by atoms with Crippen LogP contribution < -0.4 is 4.74 Å². The van der Waals surface area contributed by atoms with Crippen LogP contribution in [0.2, 0.25) is 0 Å². The maximum atomic E-state index is 11.3. The highest BCUT2D eigenvalue weighted by molar-refractivity contribution is 5.93. The largest absolute Gasteiger partial charge is 0.465 e. The first-order valence-electron chi connectivity index (χ1n) is 4.36. The highest BCUT2D eigenvalue weighted by Crippen LogP contribution is 2.19. The van der Waals surface area contributed by atoms with Gasteiger partial charge in [0.25, 0.3) is 0 Å². The van der Waals surface area contributed by atoms with Crippen molar-refractivity contribution >= 4 is 11.9 Å². The number of hydrogen-bond donors (Lipinski definition) is 0. The fourth-order valence-corrected chi connectivity index (χ4v) is 1.01. The Kier molecular flexibility index (Phi) is 3.85. The fourth-order valence-electron chi connectivity index (χ4n) is 1.01. The first kappa shape index (κ1) is 11.2. The third-order valence-electron chi connectivity index (χ3n) is 1.72. The van der Waals surface area contributed by atoms with E-state index in [0.717, 1.165) is 0 Å². The van der Waals surface area contributed by atoms with E-state index < -0.39 is 11.9 Å². The molecule has 4 nitrogen and oxygen atoms in total. The van der Waals surface area contributed by atoms with Crippen LogP contribution in [0.25, 0.3) is 0 Å². The summed E-state index contributed by atoms with van der Waals surface area (Å²) in [6, 6.07) is 6.38. The van der Waals surface area contributed by atoms with Crippen molar-refractivity contribution in [3.05, 3.63) is 36.8 Å². The number of methoxy groups -OCH3 is 1. The molecule has 15 heavy (non-hydrogen) atoms. The zero-order chi connectivity index (χ0) is 11.3. The third kappa shape index (κ3) is 2.80. The van der Waals surface area contributed by atoms with Gasteiger partial charge in [-0.25, -0.2) is 4.79 Å². The summed E-state index contributed by atoms with van der Waals surface area (Å²) in [6.45, 7) is 3.39. The van der Waals surface area contributed by atoms with E-state index in [0.29, 0.717) is 0 Å². The maximum Gasteiger partial charge on any atom is 0.341 e. The minimum Gasteiger partial charge on any atom is -0.465 e. The van der Waals surface area contributed by atoms with E-state index in [4.69, 9.17) is 4.74 Å². The average Bonchev–Trinajstić information content (AvgIpc) is 2.28. The third-order valence-corrected chi connectivity index (χ3v) is 1.72. The molecule has 0 saturated carbocycles. The summed E-state index contributed by atoms with van der Waals surface area (Å²) >= 11 is 0. The van der Waals surface area contributed by atoms with Gasteiger partial charge >= 0.3 is 11.9 Å². The molecule has 0 aliphatic rings. The number of carbonyl (C=O) groups is 2. The molecular weight excluding hydrogens is 196 g/mol. The Bertz CT molecular complexity index is 371. The summed E-state index contributed by atoms with van der Waals surface area (Å²) in [5.41, 5.74) is 0.224. The predicted molar refractivity (Wildman–Crippen MR) is 53.4 cm³/mol. The van der Waals surface area contributed by atoms with Crippen LogP contribution in [0.3, 0.4) is 0 Å². The van der Waals surface area contributed by atoms with Crippen molar-refractivity contribution < 1.29 is 19.1 Å². The molecule has 0 amide bonds. The number of esters is 2. The van der Waals surface area contributed by atoms with Gasteiger partial charge in [0, 0.05) is 6.42 Å². The number of para-hydroxylation sites is 1. The van der Waals surface area contributed by atoms with Crippen LogP contribution in [0.5, 0.6) is 5.75 Å². The normalized spacial score (nSPS) is 9.47. The topological polar surface area (TPSA) is 52.6 Å². The van der Waals surface area contributed by atoms with Crippen molar-refractivity contribution in [1.29, 1.82) is 0 Å². The van der Waals surface area contributed by atoms with E-state index >= 15 is 0 Å². The smallest absolute Gasteiger partial charge is 0.341 e. The van der Waals surface area contributed by atoms with E-state index in [9.17, 15) is 9.59 Å². The van der Waals surface area contributed by atoms with Crippen molar-refractivity contribution in [3.8, 4) is 5.75 Å². The van der Waals surface area contributed by atoms with Gasteiger partial charge in [0.1, 0.15) is 11.3 Å². The summed E-state index contributed by atoms with van der Waals surface area (Å²) in [6.07, 6.45) is 0.00943. The molecule has 0 unspecified atom stereocenters. The second kappa shape index (κ2) is 5.14. The number of rotatable bonds is 3. The van der Waals surface area contributed by atoms with Crippen LogP contribution in [0.1, 0.15) is 16.8 Å². The Morgan fingerprint density at radius 1 is 1.33 bits per heavy atom. The van der Waals surface area contributed by atoms with Crippen LogP contribution in [0.4, 0.5) is 0 Å². The van der Waals surface area contributed by atoms with Crippen LogP contribution in [-0.2, 0) is 9.53 Å². The Hall–Kier alpha value is -1.84. The number of carbonyl (C=O) groups excluding carboxylic acids is 2. The molecule has 0 aliphatic heterocycles. The highest BCUT2D eigenvalue weighted by Gasteiger charge is 2.13. The molecule has 0 N–H and O–H groups in total. The Balaban J connectivity index is 2.96. The van der Waals surface area contributed by atoms with Gasteiger partial charge in [0.05, 0.1) is 7.11 Å². The van der Waals surface area contributed by atoms with E-state index in [-0.39, 0.29) is 17.7 Å². The summed E-state index contributed by atoms with van der Waals surface area (Å²) in [4.78, 5) is 22.3. The van der Waals surface area contributed by atoms with Crippen LogP contribution >= 0.6 is 0 Å². The number of benzene rings is 1. The zero-order valence-electron chi connectivity index (χ0n) is 8.36. The van der Waals surface area contributed by atoms with Crippen molar-refractivity contribution in [2.24, 2.45) is 0 Å². The first-order chi connectivity index (χ1) is 7.19. The maximum absolute atomic E-state index is 11.3. The molecule has 4 heteroatoms. The molecular formula is C11H11O4. The Morgan fingerprint density at radius 2 is 2.00 bits per heavy atom. The molecule has 0 aliphatic carbocycles. The first-order valence-corrected chi connectivity index (χ1v) is 4.36. The molecule has 1 rings (SSSR count). The average molecular weight is 207 g/mol. The minimum atomic E-state index is -0.539. The number of ether oxygens (including phenoxy) is 2. The second-order valence-corrected chi connectivity index (χ2v) is 2.71. The molecule has 1 aromatic carbocycles. The van der Waals surface area contributed by atoms with Gasteiger partial charge in [0.2, 0.25) is 0 Å².